The van der Waals surface area contributed by atoms with Gasteiger partial charge in [0.25, 0.3) is 5.91 Å². The van der Waals surface area contributed by atoms with Gasteiger partial charge in [-0.3, -0.25) is 9.48 Å². The first-order chi connectivity index (χ1) is 15.8. The van der Waals surface area contributed by atoms with E-state index in [2.05, 4.69) is 21.0 Å². The van der Waals surface area contributed by atoms with E-state index in [1.165, 1.54) is 0 Å². The third-order valence-electron chi connectivity index (χ3n) is 5.86. The van der Waals surface area contributed by atoms with Crippen LogP contribution < -0.4 is 4.74 Å². The number of halogens is 1. The van der Waals surface area contributed by atoms with Gasteiger partial charge >= 0.3 is 0 Å². The summed E-state index contributed by atoms with van der Waals surface area (Å²) in [6.45, 7) is 7.06. The van der Waals surface area contributed by atoms with Crippen LogP contribution in [0.2, 0.25) is 0 Å². The van der Waals surface area contributed by atoms with Crippen molar-refractivity contribution in [3.05, 3.63) is 75.5 Å². The molecule has 2 aromatic heterocycles. The predicted octanol–water partition coefficient (Wildman–Crippen LogP) is 5.69. The van der Waals surface area contributed by atoms with Gasteiger partial charge in [0.15, 0.2) is 0 Å². The molecule has 0 bridgehead atoms. The van der Waals surface area contributed by atoms with Crippen molar-refractivity contribution in [1.82, 2.24) is 19.7 Å². The number of hydrogen-bond acceptors (Lipinski definition) is 4. The molecule has 33 heavy (non-hydrogen) atoms. The standard InChI is InChI=1S/C26H27BrN4O2/c1-6-33-20-10-7-18(8-11-20)25-14-22(21-13-19(27)9-12-24(21)28-25)26(32)30(4)15-23-16(2)29-31(5)17(23)3/h7-14H,6,15H2,1-5H3. The van der Waals surface area contributed by atoms with Crippen molar-refractivity contribution < 1.29 is 9.53 Å². The summed E-state index contributed by atoms with van der Waals surface area (Å²) in [5, 5.41) is 5.30. The molecular weight excluding hydrogens is 480 g/mol. The van der Waals surface area contributed by atoms with E-state index in [1.54, 1.807) is 4.90 Å². The van der Waals surface area contributed by atoms with Gasteiger partial charge in [-0.25, -0.2) is 4.98 Å². The normalized spacial score (nSPS) is 11.1. The molecule has 0 aliphatic rings. The molecule has 0 radical (unpaired) electrons. The Labute approximate surface area is 202 Å². The van der Waals surface area contributed by atoms with Gasteiger partial charge < -0.3 is 9.64 Å². The number of carbonyl (C=O) groups is 1. The molecule has 4 rings (SSSR count). The Morgan fingerprint density at radius 3 is 2.48 bits per heavy atom. The van der Waals surface area contributed by atoms with E-state index >= 15 is 0 Å². The predicted molar refractivity (Wildman–Crippen MR) is 135 cm³/mol. The van der Waals surface area contributed by atoms with Crippen LogP contribution in [-0.4, -0.2) is 39.2 Å². The molecule has 6 nitrogen and oxygen atoms in total. The van der Waals surface area contributed by atoms with Gasteiger partial charge in [0.05, 0.1) is 29.1 Å². The van der Waals surface area contributed by atoms with E-state index in [1.807, 2.05) is 88.1 Å². The lowest BCUT2D eigenvalue weighted by atomic mass is 10.0. The number of amides is 1. The van der Waals surface area contributed by atoms with E-state index in [9.17, 15) is 4.79 Å². The molecule has 0 saturated heterocycles. The Morgan fingerprint density at radius 1 is 1.12 bits per heavy atom. The summed E-state index contributed by atoms with van der Waals surface area (Å²) in [6, 6.07) is 15.5. The third-order valence-corrected chi connectivity index (χ3v) is 6.36. The number of rotatable bonds is 6. The Hall–Kier alpha value is -3.19. The molecule has 0 unspecified atom stereocenters. The van der Waals surface area contributed by atoms with Gasteiger partial charge in [-0.1, -0.05) is 15.9 Å². The quantitative estimate of drug-likeness (QED) is 0.337. The van der Waals surface area contributed by atoms with Crippen molar-refractivity contribution in [2.45, 2.75) is 27.3 Å². The zero-order chi connectivity index (χ0) is 23.7. The SMILES string of the molecule is CCOc1ccc(-c2cc(C(=O)N(C)Cc3c(C)nn(C)c3C)c3cc(Br)ccc3n2)cc1. The average Bonchev–Trinajstić information content (AvgIpc) is 3.04. The maximum Gasteiger partial charge on any atom is 0.254 e. The minimum Gasteiger partial charge on any atom is -0.494 e. The highest BCUT2D eigenvalue weighted by atomic mass is 79.9. The zero-order valence-corrected chi connectivity index (χ0v) is 21.1. The molecule has 0 aliphatic carbocycles. The summed E-state index contributed by atoms with van der Waals surface area (Å²) in [7, 11) is 3.75. The van der Waals surface area contributed by atoms with Crippen molar-refractivity contribution in [1.29, 1.82) is 0 Å². The van der Waals surface area contributed by atoms with E-state index in [0.29, 0.717) is 18.7 Å². The highest BCUT2D eigenvalue weighted by Gasteiger charge is 2.20. The first kappa shape index (κ1) is 23.0. The molecule has 170 valence electrons. The van der Waals surface area contributed by atoms with Crippen LogP contribution in [0.4, 0.5) is 0 Å². The fourth-order valence-electron chi connectivity index (χ4n) is 3.97. The number of aryl methyl sites for hydroxylation is 2. The fourth-order valence-corrected chi connectivity index (χ4v) is 4.33. The van der Waals surface area contributed by atoms with Crippen LogP contribution in [0.15, 0.2) is 53.0 Å². The van der Waals surface area contributed by atoms with Crippen LogP contribution in [0, 0.1) is 13.8 Å². The number of ether oxygens (including phenoxy) is 1. The van der Waals surface area contributed by atoms with E-state index < -0.39 is 0 Å². The van der Waals surface area contributed by atoms with Crippen molar-refractivity contribution in [2.75, 3.05) is 13.7 Å². The second-order valence-corrected chi connectivity index (χ2v) is 9.02. The first-order valence-corrected chi connectivity index (χ1v) is 11.7. The lowest BCUT2D eigenvalue weighted by molar-refractivity contribution is 0.0786. The van der Waals surface area contributed by atoms with E-state index in [4.69, 9.17) is 9.72 Å². The second-order valence-electron chi connectivity index (χ2n) is 8.11. The summed E-state index contributed by atoms with van der Waals surface area (Å²) >= 11 is 3.54. The summed E-state index contributed by atoms with van der Waals surface area (Å²) in [5.74, 6) is 0.750. The number of pyridine rings is 1. The minimum absolute atomic E-state index is 0.0599. The Morgan fingerprint density at radius 2 is 1.85 bits per heavy atom. The first-order valence-electron chi connectivity index (χ1n) is 10.9. The molecule has 0 saturated carbocycles. The molecular formula is C26H27BrN4O2. The van der Waals surface area contributed by atoms with Gasteiger partial charge in [-0.05, 0) is 69.3 Å². The maximum absolute atomic E-state index is 13.7. The maximum atomic E-state index is 13.7. The van der Waals surface area contributed by atoms with Gasteiger partial charge in [0.2, 0.25) is 0 Å². The number of hydrogen-bond donors (Lipinski definition) is 0. The smallest absolute Gasteiger partial charge is 0.254 e. The van der Waals surface area contributed by atoms with Crippen molar-refractivity contribution in [3.63, 3.8) is 0 Å². The summed E-state index contributed by atoms with van der Waals surface area (Å²) < 4.78 is 8.31. The lowest BCUT2D eigenvalue weighted by Gasteiger charge is -2.19. The molecule has 0 N–H and O–H groups in total. The van der Waals surface area contributed by atoms with Crippen molar-refractivity contribution in [2.24, 2.45) is 7.05 Å². The molecule has 0 fully saturated rings. The van der Waals surface area contributed by atoms with Crippen LogP contribution in [0.1, 0.15) is 34.2 Å². The zero-order valence-electron chi connectivity index (χ0n) is 19.5. The number of carbonyl (C=O) groups excluding carboxylic acids is 1. The van der Waals surface area contributed by atoms with Gasteiger partial charge in [0, 0.05) is 47.3 Å². The van der Waals surface area contributed by atoms with Gasteiger partial charge in [-0.15, -0.1) is 0 Å². The molecule has 7 heteroatoms. The van der Waals surface area contributed by atoms with Crippen molar-refractivity contribution >= 4 is 32.7 Å². The van der Waals surface area contributed by atoms with Crippen LogP contribution in [0.25, 0.3) is 22.2 Å². The Bertz CT molecular complexity index is 1330. The molecule has 1 amide bonds. The Kier molecular flexibility index (Phi) is 6.51. The second kappa shape index (κ2) is 9.35. The average molecular weight is 507 g/mol. The number of aromatic nitrogens is 3. The highest BCUT2D eigenvalue weighted by Crippen LogP contribution is 2.29. The van der Waals surface area contributed by atoms with Gasteiger partial charge in [0.1, 0.15) is 5.75 Å². The molecule has 2 aromatic carbocycles. The van der Waals surface area contributed by atoms with E-state index in [-0.39, 0.29) is 5.91 Å². The monoisotopic (exact) mass is 506 g/mol. The number of fused-ring (bicyclic) bond motifs is 1. The molecule has 2 heterocycles. The summed E-state index contributed by atoms with van der Waals surface area (Å²) in [6.07, 6.45) is 0. The number of benzene rings is 2. The Balaban J connectivity index is 1.76. The van der Waals surface area contributed by atoms with Crippen LogP contribution >= 0.6 is 15.9 Å². The van der Waals surface area contributed by atoms with Gasteiger partial charge in [-0.2, -0.15) is 5.10 Å². The largest absolute Gasteiger partial charge is 0.494 e. The van der Waals surface area contributed by atoms with Crippen molar-refractivity contribution in [3.8, 4) is 17.0 Å². The topological polar surface area (TPSA) is 60.2 Å². The molecule has 4 aromatic rings. The lowest BCUT2D eigenvalue weighted by Crippen LogP contribution is -2.27. The van der Waals surface area contributed by atoms with Crippen LogP contribution in [-0.2, 0) is 13.6 Å². The summed E-state index contributed by atoms with van der Waals surface area (Å²) in [4.78, 5) is 20.2. The summed E-state index contributed by atoms with van der Waals surface area (Å²) in [5.41, 5.74) is 6.13. The molecule has 0 aliphatic heterocycles. The van der Waals surface area contributed by atoms with Crippen LogP contribution in [0.3, 0.4) is 0 Å². The molecule has 0 spiro atoms. The third kappa shape index (κ3) is 4.64. The molecule has 0 atom stereocenters. The fraction of sp³-hybridized carbons (Fsp3) is 0.269. The highest BCUT2D eigenvalue weighted by molar-refractivity contribution is 9.10. The van der Waals surface area contributed by atoms with E-state index in [0.717, 1.165) is 49.3 Å². The number of nitrogens with zero attached hydrogens (tertiary/aromatic N) is 4. The minimum atomic E-state index is -0.0599. The van der Waals surface area contributed by atoms with Crippen LogP contribution in [0.5, 0.6) is 5.75 Å².